The molecular formula is C18H19N5O. The number of carbonyl (C=O) groups is 1. The summed E-state index contributed by atoms with van der Waals surface area (Å²) in [6, 6.07) is 5.80. The third-order valence-electron chi connectivity index (χ3n) is 4.40. The minimum absolute atomic E-state index is 0.159. The SMILES string of the molecule is Cc1cc(-c2cccnc2)nc2c(C(=O)NCCC3CC3)ncn12. The molecule has 122 valence electrons. The van der Waals surface area contributed by atoms with E-state index in [1.807, 2.05) is 29.5 Å². The van der Waals surface area contributed by atoms with Crippen LogP contribution in [0.3, 0.4) is 0 Å². The second-order valence-corrected chi connectivity index (χ2v) is 6.30. The van der Waals surface area contributed by atoms with Crippen molar-refractivity contribution in [2.24, 2.45) is 5.92 Å². The van der Waals surface area contributed by atoms with E-state index in [1.54, 1.807) is 18.7 Å². The molecule has 0 saturated heterocycles. The first-order valence-electron chi connectivity index (χ1n) is 8.25. The smallest absolute Gasteiger partial charge is 0.273 e. The van der Waals surface area contributed by atoms with Crippen molar-refractivity contribution in [2.75, 3.05) is 6.54 Å². The average molecular weight is 321 g/mol. The fourth-order valence-electron chi connectivity index (χ4n) is 2.82. The van der Waals surface area contributed by atoms with E-state index in [1.165, 1.54) is 12.8 Å². The van der Waals surface area contributed by atoms with Crippen LogP contribution < -0.4 is 5.32 Å². The van der Waals surface area contributed by atoms with Gasteiger partial charge in [0.25, 0.3) is 5.91 Å². The largest absolute Gasteiger partial charge is 0.351 e. The van der Waals surface area contributed by atoms with E-state index >= 15 is 0 Å². The Kier molecular flexibility index (Phi) is 3.72. The van der Waals surface area contributed by atoms with E-state index in [4.69, 9.17) is 0 Å². The van der Waals surface area contributed by atoms with Gasteiger partial charge in [-0.1, -0.05) is 12.8 Å². The summed E-state index contributed by atoms with van der Waals surface area (Å²) in [5, 5.41) is 2.96. The number of carbonyl (C=O) groups excluding carboxylic acids is 1. The van der Waals surface area contributed by atoms with E-state index < -0.39 is 0 Å². The van der Waals surface area contributed by atoms with Crippen LogP contribution in [0.1, 0.15) is 35.4 Å². The van der Waals surface area contributed by atoms with Gasteiger partial charge in [0.2, 0.25) is 0 Å². The molecule has 3 aromatic heterocycles. The van der Waals surface area contributed by atoms with Crippen molar-refractivity contribution in [1.29, 1.82) is 0 Å². The summed E-state index contributed by atoms with van der Waals surface area (Å²) in [6.45, 7) is 2.68. The maximum Gasteiger partial charge on any atom is 0.273 e. The fraction of sp³-hybridized carbons (Fsp3) is 0.333. The molecule has 6 heteroatoms. The van der Waals surface area contributed by atoms with Gasteiger partial charge in [0.15, 0.2) is 11.3 Å². The Balaban J connectivity index is 1.66. The number of nitrogens with one attached hydrogen (secondary N) is 1. The minimum Gasteiger partial charge on any atom is -0.351 e. The quantitative estimate of drug-likeness (QED) is 0.784. The van der Waals surface area contributed by atoms with Gasteiger partial charge in [0.1, 0.15) is 6.33 Å². The first kappa shape index (κ1) is 14.8. The van der Waals surface area contributed by atoms with Gasteiger partial charge in [-0.3, -0.25) is 14.2 Å². The summed E-state index contributed by atoms with van der Waals surface area (Å²) in [5.74, 6) is 0.634. The van der Waals surface area contributed by atoms with Gasteiger partial charge in [-0.25, -0.2) is 9.97 Å². The molecule has 1 aliphatic carbocycles. The van der Waals surface area contributed by atoms with Crippen molar-refractivity contribution in [3.8, 4) is 11.3 Å². The Hall–Kier alpha value is -2.76. The van der Waals surface area contributed by atoms with Crippen LogP contribution in [0, 0.1) is 12.8 Å². The molecule has 1 amide bonds. The van der Waals surface area contributed by atoms with Gasteiger partial charge in [0, 0.05) is 30.2 Å². The number of nitrogens with zero attached hydrogens (tertiary/aromatic N) is 4. The van der Waals surface area contributed by atoms with Crippen LogP contribution in [0.2, 0.25) is 0 Å². The Labute approximate surface area is 140 Å². The first-order chi connectivity index (χ1) is 11.7. The average Bonchev–Trinajstić information content (AvgIpc) is 3.32. The number of amides is 1. The van der Waals surface area contributed by atoms with E-state index in [9.17, 15) is 4.79 Å². The lowest BCUT2D eigenvalue weighted by Gasteiger charge is -2.06. The number of aryl methyl sites for hydroxylation is 1. The highest BCUT2D eigenvalue weighted by atomic mass is 16.1. The molecule has 0 unspecified atom stereocenters. The molecule has 1 aliphatic rings. The standard InChI is InChI=1S/C18H19N5O/c1-12-9-15(14-3-2-7-19-10-14)22-17-16(21-11-23(12)17)18(24)20-8-6-13-4-5-13/h2-3,7,9-11,13H,4-6,8H2,1H3,(H,20,24). The minimum atomic E-state index is -0.159. The van der Waals surface area contributed by atoms with Gasteiger partial charge in [-0.05, 0) is 37.5 Å². The Morgan fingerprint density at radius 1 is 1.42 bits per heavy atom. The van der Waals surface area contributed by atoms with Gasteiger partial charge in [-0.2, -0.15) is 0 Å². The van der Waals surface area contributed by atoms with Crippen LogP contribution in [0.25, 0.3) is 16.9 Å². The Bertz CT molecular complexity index is 883. The lowest BCUT2D eigenvalue weighted by Crippen LogP contribution is -2.25. The molecule has 0 bridgehead atoms. The Morgan fingerprint density at radius 2 is 2.29 bits per heavy atom. The van der Waals surface area contributed by atoms with Crippen molar-refractivity contribution in [3.05, 3.63) is 48.3 Å². The molecule has 3 aromatic rings. The Morgan fingerprint density at radius 3 is 3.04 bits per heavy atom. The molecule has 1 fully saturated rings. The molecule has 0 radical (unpaired) electrons. The van der Waals surface area contributed by atoms with Gasteiger partial charge in [-0.15, -0.1) is 0 Å². The molecule has 0 atom stereocenters. The lowest BCUT2D eigenvalue weighted by atomic mass is 10.2. The van der Waals surface area contributed by atoms with Crippen molar-refractivity contribution >= 4 is 11.6 Å². The molecule has 1 N–H and O–H groups in total. The summed E-state index contributed by atoms with van der Waals surface area (Å²) < 4.78 is 1.84. The van der Waals surface area contributed by atoms with Crippen molar-refractivity contribution < 1.29 is 4.79 Å². The third kappa shape index (κ3) is 2.87. The van der Waals surface area contributed by atoms with E-state index in [-0.39, 0.29) is 5.91 Å². The number of aromatic nitrogens is 4. The van der Waals surface area contributed by atoms with Crippen LogP contribution in [0.15, 0.2) is 36.9 Å². The first-order valence-corrected chi connectivity index (χ1v) is 8.25. The fourth-order valence-corrected chi connectivity index (χ4v) is 2.82. The van der Waals surface area contributed by atoms with Crippen LogP contribution in [0.5, 0.6) is 0 Å². The third-order valence-corrected chi connectivity index (χ3v) is 4.40. The van der Waals surface area contributed by atoms with Crippen LogP contribution in [0.4, 0.5) is 0 Å². The predicted molar refractivity (Wildman–Crippen MR) is 90.6 cm³/mol. The maximum absolute atomic E-state index is 12.4. The summed E-state index contributed by atoms with van der Waals surface area (Å²) in [6.07, 6.45) is 8.78. The number of hydrogen-bond donors (Lipinski definition) is 1. The van der Waals surface area contributed by atoms with E-state index in [2.05, 4.69) is 20.3 Å². The summed E-state index contributed by atoms with van der Waals surface area (Å²) in [5.41, 5.74) is 3.64. The summed E-state index contributed by atoms with van der Waals surface area (Å²) >= 11 is 0. The second-order valence-electron chi connectivity index (χ2n) is 6.30. The molecule has 3 heterocycles. The summed E-state index contributed by atoms with van der Waals surface area (Å²) in [7, 11) is 0. The molecule has 0 spiro atoms. The van der Waals surface area contributed by atoms with Crippen LogP contribution in [-0.2, 0) is 0 Å². The van der Waals surface area contributed by atoms with E-state index in [0.717, 1.165) is 29.3 Å². The molecule has 0 aromatic carbocycles. The van der Waals surface area contributed by atoms with Crippen LogP contribution >= 0.6 is 0 Å². The second kappa shape index (κ2) is 6.03. The monoisotopic (exact) mass is 321 g/mol. The molecular weight excluding hydrogens is 302 g/mol. The van der Waals surface area contributed by atoms with Gasteiger partial charge >= 0.3 is 0 Å². The van der Waals surface area contributed by atoms with Gasteiger partial charge < -0.3 is 5.32 Å². The number of hydrogen-bond acceptors (Lipinski definition) is 4. The number of pyridine rings is 1. The summed E-state index contributed by atoms with van der Waals surface area (Å²) in [4.78, 5) is 25.5. The molecule has 1 saturated carbocycles. The normalized spacial score (nSPS) is 14.0. The van der Waals surface area contributed by atoms with Gasteiger partial charge in [0.05, 0.1) is 5.69 Å². The topological polar surface area (TPSA) is 72.2 Å². The number of fused-ring (bicyclic) bond motifs is 1. The molecule has 0 aliphatic heterocycles. The zero-order valence-corrected chi connectivity index (χ0v) is 13.6. The highest BCUT2D eigenvalue weighted by Crippen LogP contribution is 2.31. The number of imidazole rings is 1. The zero-order chi connectivity index (χ0) is 16.5. The molecule has 6 nitrogen and oxygen atoms in total. The number of rotatable bonds is 5. The highest BCUT2D eigenvalue weighted by Gasteiger charge is 2.22. The van der Waals surface area contributed by atoms with Crippen LogP contribution in [-0.4, -0.2) is 31.8 Å². The van der Waals surface area contributed by atoms with E-state index in [0.29, 0.717) is 17.9 Å². The lowest BCUT2D eigenvalue weighted by molar-refractivity contribution is 0.0949. The molecule has 4 rings (SSSR count). The maximum atomic E-state index is 12.4. The highest BCUT2D eigenvalue weighted by molar-refractivity contribution is 5.98. The molecule has 24 heavy (non-hydrogen) atoms. The predicted octanol–water partition coefficient (Wildman–Crippen LogP) is 2.63. The van der Waals surface area contributed by atoms with Crippen molar-refractivity contribution in [1.82, 2.24) is 24.7 Å². The van der Waals surface area contributed by atoms with Crippen molar-refractivity contribution in [3.63, 3.8) is 0 Å². The van der Waals surface area contributed by atoms with Crippen molar-refractivity contribution in [2.45, 2.75) is 26.2 Å². The zero-order valence-electron chi connectivity index (χ0n) is 13.6.